The van der Waals surface area contributed by atoms with Gasteiger partial charge in [0.25, 0.3) is 11.6 Å². The van der Waals surface area contributed by atoms with Crippen molar-refractivity contribution in [1.29, 1.82) is 0 Å². The highest BCUT2D eigenvalue weighted by atomic mass is 35.5. The van der Waals surface area contributed by atoms with Gasteiger partial charge in [-0.1, -0.05) is 35.9 Å². The Morgan fingerprint density at radius 1 is 1.07 bits per heavy atom. The molecule has 144 valence electrons. The lowest BCUT2D eigenvalue weighted by molar-refractivity contribution is -0.384. The number of carbonyl (C=O) groups is 1. The number of nitro groups is 1. The fourth-order valence-electron chi connectivity index (χ4n) is 3.05. The Balaban J connectivity index is 1.50. The molecule has 1 aliphatic heterocycles. The molecule has 0 fully saturated rings. The molecule has 0 bridgehead atoms. The zero-order chi connectivity index (χ0) is 20.4. The summed E-state index contributed by atoms with van der Waals surface area (Å²) in [5, 5.41) is 14.0. The molecule has 0 aromatic heterocycles. The number of rotatable bonds is 5. The second-order valence-electron chi connectivity index (χ2n) is 6.46. The van der Waals surface area contributed by atoms with Crippen LogP contribution in [0.3, 0.4) is 0 Å². The minimum atomic E-state index is -0.447. The zero-order valence-corrected chi connectivity index (χ0v) is 15.8. The second kappa shape index (κ2) is 7.77. The van der Waals surface area contributed by atoms with E-state index in [2.05, 4.69) is 5.32 Å². The van der Waals surface area contributed by atoms with E-state index in [1.54, 1.807) is 30.3 Å². The third kappa shape index (κ3) is 3.97. The van der Waals surface area contributed by atoms with Crippen LogP contribution in [0.5, 0.6) is 5.75 Å². The van der Waals surface area contributed by atoms with Crippen LogP contribution in [-0.2, 0) is 11.4 Å². The van der Waals surface area contributed by atoms with E-state index in [1.165, 1.54) is 12.1 Å². The Morgan fingerprint density at radius 3 is 2.55 bits per heavy atom. The van der Waals surface area contributed by atoms with Gasteiger partial charge in [0, 0.05) is 29.0 Å². The van der Waals surface area contributed by atoms with Crippen molar-refractivity contribution in [3.8, 4) is 5.75 Å². The normalized spacial score (nSPS) is 13.8. The number of hydrogen-bond acceptors (Lipinski definition) is 4. The molecule has 29 heavy (non-hydrogen) atoms. The first-order chi connectivity index (χ1) is 14.0. The van der Waals surface area contributed by atoms with Crippen LogP contribution in [0.4, 0.5) is 11.4 Å². The molecule has 6 nitrogen and oxygen atoms in total. The Hall–Kier alpha value is -3.64. The Bertz CT molecular complexity index is 1140. The molecule has 0 saturated carbocycles. The van der Waals surface area contributed by atoms with Crippen molar-refractivity contribution in [3.05, 3.63) is 98.6 Å². The fraction of sp³-hybridized carbons (Fsp3) is 0.0455. The lowest BCUT2D eigenvalue weighted by Crippen LogP contribution is -2.03. The van der Waals surface area contributed by atoms with Gasteiger partial charge in [0.1, 0.15) is 12.4 Å². The predicted molar refractivity (Wildman–Crippen MR) is 112 cm³/mol. The number of nitro benzene ring substituents is 1. The highest BCUT2D eigenvalue weighted by molar-refractivity contribution is 6.35. The molecule has 3 aromatic rings. The van der Waals surface area contributed by atoms with Crippen molar-refractivity contribution < 1.29 is 14.5 Å². The van der Waals surface area contributed by atoms with E-state index in [-0.39, 0.29) is 18.2 Å². The first-order valence-corrected chi connectivity index (χ1v) is 9.17. The Kier molecular flexibility index (Phi) is 5.01. The van der Waals surface area contributed by atoms with Gasteiger partial charge in [-0.15, -0.1) is 0 Å². The number of para-hydroxylation sites is 1. The maximum Gasteiger partial charge on any atom is 0.269 e. The maximum atomic E-state index is 12.2. The number of non-ortho nitro benzene ring substituents is 1. The number of ether oxygens (including phenoxy) is 1. The molecule has 0 aliphatic carbocycles. The Labute approximate surface area is 171 Å². The molecule has 0 saturated heterocycles. The summed E-state index contributed by atoms with van der Waals surface area (Å²) in [6, 6.07) is 18.9. The molecule has 3 aromatic carbocycles. The second-order valence-corrected chi connectivity index (χ2v) is 6.87. The third-order valence-electron chi connectivity index (χ3n) is 4.52. The van der Waals surface area contributed by atoms with Crippen molar-refractivity contribution in [1.82, 2.24) is 0 Å². The van der Waals surface area contributed by atoms with E-state index < -0.39 is 4.92 Å². The summed E-state index contributed by atoms with van der Waals surface area (Å²) >= 11 is 6.34. The summed E-state index contributed by atoms with van der Waals surface area (Å²) in [5.74, 6) is 0.337. The molecule has 0 radical (unpaired) electrons. The van der Waals surface area contributed by atoms with E-state index in [4.69, 9.17) is 16.3 Å². The molecule has 1 amide bonds. The summed E-state index contributed by atoms with van der Waals surface area (Å²) in [6.45, 7) is 0.230. The highest BCUT2D eigenvalue weighted by Gasteiger charge is 2.23. The van der Waals surface area contributed by atoms with Crippen LogP contribution in [-0.4, -0.2) is 10.8 Å². The molecule has 0 unspecified atom stereocenters. The van der Waals surface area contributed by atoms with Crippen LogP contribution in [0, 0.1) is 10.1 Å². The first kappa shape index (κ1) is 18.7. The van der Waals surface area contributed by atoms with E-state index in [0.717, 1.165) is 22.4 Å². The van der Waals surface area contributed by atoms with Crippen LogP contribution >= 0.6 is 11.6 Å². The summed E-state index contributed by atoms with van der Waals surface area (Å²) in [7, 11) is 0. The number of nitrogens with one attached hydrogen (secondary N) is 1. The minimum Gasteiger partial charge on any atom is -0.487 e. The van der Waals surface area contributed by atoms with E-state index >= 15 is 0 Å². The monoisotopic (exact) mass is 406 g/mol. The number of fused-ring (bicyclic) bond motifs is 1. The molecule has 4 rings (SSSR count). The fourth-order valence-corrected chi connectivity index (χ4v) is 3.29. The predicted octanol–water partition coefficient (Wildman–Crippen LogP) is 5.32. The van der Waals surface area contributed by atoms with Gasteiger partial charge < -0.3 is 10.1 Å². The number of benzene rings is 3. The molecule has 1 aliphatic rings. The molecule has 1 N–H and O–H groups in total. The van der Waals surface area contributed by atoms with E-state index in [9.17, 15) is 14.9 Å². The van der Waals surface area contributed by atoms with Gasteiger partial charge in [-0.3, -0.25) is 14.9 Å². The van der Waals surface area contributed by atoms with Gasteiger partial charge in [0.15, 0.2) is 0 Å². The Morgan fingerprint density at radius 2 is 1.83 bits per heavy atom. The SMILES string of the molecule is O=C1Nc2ccccc2/C1=C/c1ccc(OCc2ccc([N+](=O)[O-])cc2)c(Cl)c1. The van der Waals surface area contributed by atoms with Crippen LogP contribution in [0.25, 0.3) is 11.6 Å². The molecule has 7 heteroatoms. The van der Waals surface area contributed by atoms with Crippen LogP contribution in [0.15, 0.2) is 66.7 Å². The summed E-state index contributed by atoms with van der Waals surface area (Å²) < 4.78 is 5.72. The van der Waals surface area contributed by atoms with Crippen LogP contribution < -0.4 is 10.1 Å². The number of carbonyl (C=O) groups excluding carboxylic acids is 1. The van der Waals surface area contributed by atoms with Crippen LogP contribution in [0.1, 0.15) is 16.7 Å². The molecular weight excluding hydrogens is 392 g/mol. The largest absolute Gasteiger partial charge is 0.487 e. The maximum absolute atomic E-state index is 12.2. The number of amides is 1. The average molecular weight is 407 g/mol. The highest BCUT2D eigenvalue weighted by Crippen LogP contribution is 2.34. The van der Waals surface area contributed by atoms with Gasteiger partial charge in [0.05, 0.1) is 9.95 Å². The lowest BCUT2D eigenvalue weighted by Gasteiger charge is -2.09. The minimum absolute atomic E-state index is 0.0293. The number of anilines is 1. The third-order valence-corrected chi connectivity index (χ3v) is 4.81. The van der Waals surface area contributed by atoms with Crippen molar-refractivity contribution >= 4 is 40.5 Å². The zero-order valence-electron chi connectivity index (χ0n) is 15.1. The molecule has 0 spiro atoms. The molecular formula is C22H15ClN2O4. The van der Waals surface area contributed by atoms with Gasteiger partial charge in [-0.25, -0.2) is 0 Å². The van der Waals surface area contributed by atoms with Gasteiger partial charge in [-0.2, -0.15) is 0 Å². The van der Waals surface area contributed by atoms with E-state index in [0.29, 0.717) is 16.3 Å². The van der Waals surface area contributed by atoms with Gasteiger partial charge in [-0.05, 0) is 47.5 Å². The van der Waals surface area contributed by atoms with Gasteiger partial charge >= 0.3 is 0 Å². The van der Waals surface area contributed by atoms with Crippen molar-refractivity contribution in [2.24, 2.45) is 0 Å². The summed E-state index contributed by atoms with van der Waals surface area (Å²) in [4.78, 5) is 22.5. The summed E-state index contributed by atoms with van der Waals surface area (Å²) in [5.41, 5.74) is 3.82. The van der Waals surface area contributed by atoms with E-state index in [1.807, 2.05) is 30.3 Å². The average Bonchev–Trinajstić information content (AvgIpc) is 3.03. The van der Waals surface area contributed by atoms with Gasteiger partial charge in [0.2, 0.25) is 0 Å². The number of hydrogen-bond donors (Lipinski definition) is 1. The smallest absolute Gasteiger partial charge is 0.269 e. The standard InChI is InChI=1S/C22H15ClN2O4/c23-19-12-15(11-18-17-3-1-2-4-20(17)24-22(18)26)7-10-21(19)29-13-14-5-8-16(9-6-14)25(27)28/h1-12H,13H2,(H,24,26)/b18-11-. The summed E-state index contributed by atoms with van der Waals surface area (Å²) in [6.07, 6.45) is 1.78. The van der Waals surface area contributed by atoms with Crippen molar-refractivity contribution in [2.45, 2.75) is 6.61 Å². The van der Waals surface area contributed by atoms with Crippen molar-refractivity contribution in [2.75, 3.05) is 5.32 Å². The first-order valence-electron chi connectivity index (χ1n) is 8.79. The van der Waals surface area contributed by atoms with Crippen molar-refractivity contribution in [3.63, 3.8) is 0 Å². The quantitative estimate of drug-likeness (QED) is 0.353. The molecule has 0 atom stereocenters. The lowest BCUT2D eigenvalue weighted by atomic mass is 10.0. The number of nitrogens with zero attached hydrogens (tertiary/aromatic N) is 1. The molecule has 1 heterocycles. The topological polar surface area (TPSA) is 81.5 Å². The number of halogens is 1. The van der Waals surface area contributed by atoms with Crippen LogP contribution in [0.2, 0.25) is 5.02 Å².